The van der Waals surface area contributed by atoms with Gasteiger partial charge in [-0.15, -0.1) is 0 Å². The second-order valence-electron chi connectivity index (χ2n) is 16.5. The average molecular weight is 1100 g/mol. The lowest BCUT2D eigenvalue weighted by Crippen LogP contribution is -2.18. The Morgan fingerprint density at radius 3 is 1.32 bits per heavy atom. The molecule has 0 radical (unpaired) electrons. The standard InChI is InChI=1S/C24H14.C20H14.C12H10.13C2H6/c1-2-14-5-6-16-9-11-18-12-10-17-8-7-15-4-3-13(1)19-20(14)22(16)24(18)23(17)21(15)19;1-5-13-6-2-11-17-18-12-4-8-14-7-3-10-16(20(14)18)15(9-1)19(13)17;1-3-9-4-2-6-11-8-7-10(5-1)12(9)11;13*1-2/h1-11,23H,12H2;1-11,18H,12H2;1-5,7-8,11H,6H2;13*1-2H3. The van der Waals surface area contributed by atoms with E-state index in [1.165, 1.54) is 105 Å². The van der Waals surface area contributed by atoms with Crippen LogP contribution in [0.2, 0.25) is 0 Å². The molecule has 8 aromatic rings. The fourth-order valence-electron chi connectivity index (χ4n) is 11.4. The normalized spacial score (nSPS) is 14.3. The van der Waals surface area contributed by atoms with Gasteiger partial charge in [0.1, 0.15) is 0 Å². The van der Waals surface area contributed by atoms with Crippen LogP contribution in [0.15, 0.2) is 157 Å². The maximum atomic E-state index is 2.44. The molecule has 82 heavy (non-hydrogen) atoms. The highest BCUT2D eigenvalue weighted by Gasteiger charge is 2.35. The topological polar surface area (TPSA) is 0 Å². The van der Waals surface area contributed by atoms with Gasteiger partial charge in [-0.25, -0.2) is 0 Å². The summed E-state index contributed by atoms with van der Waals surface area (Å²) in [6.45, 7) is 52.0. The van der Waals surface area contributed by atoms with Crippen LogP contribution >= 0.6 is 0 Å². The SMILES string of the molecule is C1=Cc2ccc3ccc4ccc5ccc6c7c5c4c3c2C7C1=CC6.C1=Cc2cccc3c2C(C1)c1cccc2cccc-3c12.C1=Cc2cccc3c2C(C=C3)C1.CC.CC.CC.CC.CC.CC.CC.CC.CC.CC.CC.CC.CC. The van der Waals surface area contributed by atoms with Crippen LogP contribution in [0.4, 0.5) is 0 Å². The fraction of sp³-hybridized carbons (Fsp3) is 0.390. The van der Waals surface area contributed by atoms with Crippen molar-refractivity contribution in [3.05, 3.63) is 213 Å². The van der Waals surface area contributed by atoms with Gasteiger partial charge in [0.25, 0.3) is 0 Å². The molecule has 3 atom stereocenters. The third-order valence-electron chi connectivity index (χ3n) is 13.8. The van der Waals surface area contributed by atoms with Gasteiger partial charge < -0.3 is 0 Å². The summed E-state index contributed by atoms with van der Waals surface area (Å²) in [5, 5.41) is 11.4. The van der Waals surface area contributed by atoms with Crippen LogP contribution in [0.25, 0.3) is 78.5 Å². The van der Waals surface area contributed by atoms with E-state index >= 15 is 0 Å². The van der Waals surface area contributed by atoms with Gasteiger partial charge in [0, 0.05) is 17.8 Å². The first-order chi connectivity index (χ1) is 40.8. The lowest BCUT2D eigenvalue weighted by molar-refractivity contribution is 0.824. The second-order valence-corrected chi connectivity index (χ2v) is 16.5. The third kappa shape index (κ3) is 15.8. The van der Waals surface area contributed by atoms with Crippen LogP contribution in [0, 0.1) is 0 Å². The summed E-state index contributed by atoms with van der Waals surface area (Å²) in [6.07, 6.45) is 24.1. The Bertz CT molecular complexity index is 3220. The minimum absolute atomic E-state index is 0.432. The Morgan fingerprint density at radius 2 is 0.732 bits per heavy atom. The van der Waals surface area contributed by atoms with Crippen LogP contribution in [-0.4, -0.2) is 0 Å². The first-order valence-corrected chi connectivity index (χ1v) is 33.4. The van der Waals surface area contributed by atoms with Crippen LogP contribution < -0.4 is 0 Å². The predicted octanol–water partition coefficient (Wildman–Crippen LogP) is 28.0. The van der Waals surface area contributed by atoms with E-state index in [0.29, 0.717) is 17.8 Å². The maximum Gasteiger partial charge on any atom is 0.0358 e. The molecule has 3 unspecified atom stereocenters. The number of allylic oxidation sites excluding steroid dienone is 6. The van der Waals surface area contributed by atoms with Crippen molar-refractivity contribution < 1.29 is 0 Å². The zero-order valence-electron chi connectivity index (χ0n) is 57.1. The van der Waals surface area contributed by atoms with Crippen molar-refractivity contribution >= 4 is 67.4 Å². The highest BCUT2D eigenvalue weighted by molar-refractivity contribution is 6.25. The molecule has 7 aliphatic carbocycles. The molecule has 0 heterocycles. The Morgan fingerprint density at radius 1 is 0.305 bits per heavy atom. The third-order valence-corrected chi connectivity index (χ3v) is 13.8. The quantitative estimate of drug-likeness (QED) is 0.133. The van der Waals surface area contributed by atoms with Crippen LogP contribution in [0.5, 0.6) is 0 Å². The van der Waals surface area contributed by atoms with Crippen molar-refractivity contribution in [2.45, 2.75) is 217 Å². The van der Waals surface area contributed by atoms with Crippen LogP contribution in [0.1, 0.15) is 266 Å². The average Bonchev–Trinajstić information content (AvgIpc) is 1.98. The molecule has 0 bridgehead atoms. The molecule has 8 aromatic carbocycles. The fourth-order valence-corrected chi connectivity index (χ4v) is 11.4. The zero-order chi connectivity index (χ0) is 62.5. The van der Waals surface area contributed by atoms with Crippen molar-refractivity contribution in [2.75, 3.05) is 0 Å². The lowest BCUT2D eigenvalue weighted by atomic mass is 9.67. The van der Waals surface area contributed by atoms with Crippen molar-refractivity contribution in [1.82, 2.24) is 0 Å². The summed E-state index contributed by atoms with van der Waals surface area (Å²) in [5.41, 5.74) is 19.1. The molecule has 0 fully saturated rings. The highest BCUT2D eigenvalue weighted by atomic mass is 14.4. The Labute approximate surface area is 505 Å². The molecule has 0 aliphatic heterocycles. The number of hydrogen-bond donors (Lipinski definition) is 0. The van der Waals surface area contributed by atoms with E-state index in [1.54, 1.807) is 16.7 Å². The van der Waals surface area contributed by atoms with E-state index < -0.39 is 0 Å². The molecule has 7 aliphatic rings. The van der Waals surface area contributed by atoms with E-state index in [2.05, 4.69) is 176 Å². The smallest absolute Gasteiger partial charge is 0.0358 e. The molecule has 0 heteroatoms. The first-order valence-electron chi connectivity index (χ1n) is 33.4. The summed E-state index contributed by atoms with van der Waals surface area (Å²) in [6, 6.07) is 45.1. The van der Waals surface area contributed by atoms with Gasteiger partial charge in [0.15, 0.2) is 0 Å². The summed E-state index contributed by atoms with van der Waals surface area (Å²) in [4.78, 5) is 0. The zero-order valence-corrected chi connectivity index (χ0v) is 57.1. The molecule has 0 N–H and O–H groups in total. The molecule has 0 aromatic heterocycles. The summed E-state index contributed by atoms with van der Waals surface area (Å²) in [5.74, 6) is 1.63. The summed E-state index contributed by atoms with van der Waals surface area (Å²) >= 11 is 0. The number of rotatable bonds is 0. The number of benzene rings is 8. The van der Waals surface area contributed by atoms with Gasteiger partial charge in [-0.3, -0.25) is 0 Å². The van der Waals surface area contributed by atoms with E-state index in [9.17, 15) is 0 Å². The Hall–Kier alpha value is -6.50. The van der Waals surface area contributed by atoms with Crippen molar-refractivity contribution in [3.63, 3.8) is 0 Å². The summed E-state index contributed by atoms with van der Waals surface area (Å²) in [7, 11) is 0. The first kappa shape index (κ1) is 75.5. The molecule has 0 nitrogen and oxygen atoms in total. The minimum Gasteiger partial charge on any atom is -0.0830 e. The van der Waals surface area contributed by atoms with Crippen molar-refractivity contribution in [1.29, 1.82) is 0 Å². The minimum atomic E-state index is 0.432. The monoisotopic (exact) mass is 1100 g/mol. The largest absolute Gasteiger partial charge is 0.0830 e. The van der Waals surface area contributed by atoms with Crippen molar-refractivity contribution in [3.8, 4) is 11.1 Å². The van der Waals surface area contributed by atoms with Gasteiger partial charge >= 0.3 is 0 Å². The van der Waals surface area contributed by atoms with E-state index in [0.717, 1.165) is 12.8 Å². The van der Waals surface area contributed by atoms with Gasteiger partial charge in [-0.2, -0.15) is 0 Å². The molecular weight excluding hydrogens is 985 g/mol. The van der Waals surface area contributed by atoms with Gasteiger partial charge in [-0.1, -0.05) is 356 Å². The van der Waals surface area contributed by atoms with Gasteiger partial charge in [0.2, 0.25) is 0 Å². The lowest BCUT2D eigenvalue weighted by Gasteiger charge is -2.36. The highest BCUT2D eigenvalue weighted by Crippen LogP contribution is 2.54. The van der Waals surface area contributed by atoms with Gasteiger partial charge in [0.05, 0.1) is 0 Å². The Balaban J connectivity index is 0.00000103. The van der Waals surface area contributed by atoms with E-state index in [1.807, 2.05) is 180 Å². The predicted molar refractivity (Wildman–Crippen MR) is 386 cm³/mol. The molecular formula is C82H116. The molecule has 444 valence electrons. The molecule has 0 saturated heterocycles. The maximum absolute atomic E-state index is 2.44. The second kappa shape index (κ2) is 42.3. The number of fused-ring (bicyclic) bond motifs is 2. The summed E-state index contributed by atoms with van der Waals surface area (Å²) < 4.78 is 0. The van der Waals surface area contributed by atoms with E-state index in [-0.39, 0.29) is 0 Å². The van der Waals surface area contributed by atoms with Crippen LogP contribution in [0.3, 0.4) is 0 Å². The molecule has 0 saturated carbocycles. The molecule has 0 spiro atoms. The Kier molecular flexibility index (Phi) is 39.0. The van der Waals surface area contributed by atoms with Crippen molar-refractivity contribution in [2.24, 2.45) is 0 Å². The molecule has 15 rings (SSSR count). The number of hydrogen-bond acceptors (Lipinski definition) is 0. The van der Waals surface area contributed by atoms with Crippen LogP contribution in [-0.2, 0) is 6.42 Å². The molecule has 0 amide bonds. The van der Waals surface area contributed by atoms with E-state index in [4.69, 9.17) is 0 Å². The van der Waals surface area contributed by atoms with Gasteiger partial charge in [-0.05, 0) is 135 Å².